The molecule has 5 heteroatoms. The van der Waals surface area contributed by atoms with Crippen molar-refractivity contribution in [2.24, 2.45) is 0 Å². The van der Waals surface area contributed by atoms with Crippen molar-refractivity contribution >= 4 is 5.91 Å². The predicted octanol–water partition coefficient (Wildman–Crippen LogP) is 3.11. The van der Waals surface area contributed by atoms with Gasteiger partial charge in [-0.1, -0.05) is 6.07 Å². The normalized spacial score (nSPS) is 23.9. The lowest BCUT2D eigenvalue weighted by atomic mass is 9.88. The van der Waals surface area contributed by atoms with Crippen LogP contribution in [0.5, 0.6) is 11.5 Å². The highest BCUT2D eigenvalue weighted by atomic mass is 16.5. The molecule has 1 aromatic carbocycles. The third-order valence-electron chi connectivity index (χ3n) is 6.32. The summed E-state index contributed by atoms with van der Waals surface area (Å²) in [4.78, 5) is 17.4. The summed E-state index contributed by atoms with van der Waals surface area (Å²) in [6.45, 7) is 2.99. The molecule has 3 rings (SSSR count). The second kappa shape index (κ2) is 8.30. The minimum Gasteiger partial charge on any atom is -0.497 e. The highest BCUT2D eigenvalue weighted by Crippen LogP contribution is 2.37. The van der Waals surface area contributed by atoms with Gasteiger partial charge in [-0.2, -0.15) is 0 Å². The summed E-state index contributed by atoms with van der Waals surface area (Å²) in [5, 5.41) is 0. The third-order valence-corrected chi connectivity index (χ3v) is 6.32. The number of carbonyl (C=O) groups excluding carboxylic acids is 1. The molecule has 2 aliphatic heterocycles. The molecule has 1 aromatic rings. The first-order valence-electron chi connectivity index (χ1n) is 9.78. The minimum absolute atomic E-state index is 0.264. The van der Waals surface area contributed by atoms with Gasteiger partial charge < -0.3 is 19.3 Å². The number of carbonyl (C=O) groups is 1. The van der Waals surface area contributed by atoms with Crippen LogP contribution in [0, 0.1) is 0 Å². The van der Waals surface area contributed by atoms with Crippen molar-refractivity contribution in [3.63, 3.8) is 0 Å². The Morgan fingerprint density at radius 2 is 1.85 bits per heavy atom. The molecule has 1 amide bonds. The molecule has 2 aliphatic rings. The van der Waals surface area contributed by atoms with E-state index < -0.39 is 0 Å². The Hall–Kier alpha value is -1.75. The first kappa shape index (κ1) is 19.0. The lowest BCUT2D eigenvalue weighted by Gasteiger charge is -2.35. The number of rotatable bonds is 5. The van der Waals surface area contributed by atoms with Crippen molar-refractivity contribution in [2.75, 3.05) is 40.9 Å². The minimum atomic E-state index is 0.264. The van der Waals surface area contributed by atoms with Crippen LogP contribution in [-0.2, 0) is 11.2 Å². The molecule has 0 saturated carbocycles. The molecule has 0 aromatic heterocycles. The first-order chi connectivity index (χ1) is 12.6. The van der Waals surface area contributed by atoms with Crippen molar-refractivity contribution in [3.05, 3.63) is 23.8 Å². The summed E-state index contributed by atoms with van der Waals surface area (Å²) in [7, 11) is 5.55. The van der Waals surface area contributed by atoms with Crippen molar-refractivity contribution < 1.29 is 14.3 Å². The second-order valence-corrected chi connectivity index (χ2v) is 7.66. The molecule has 5 nitrogen and oxygen atoms in total. The van der Waals surface area contributed by atoms with Crippen molar-refractivity contribution in [1.82, 2.24) is 9.80 Å². The van der Waals surface area contributed by atoms with Crippen LogP contribution in [0.1, 0.15) is 44.1 Å². The lowest BCUT2D eigenvalue weighted by Crippen LogP contribution is -2.42. The summed E-state index contributed by atoms with van der Waals surface area (Å²) in [5.41, 5.74) is 1.40. The van der Waals surface area contributed by atoms with Gasteiger partial charge in [-0.3, -0.25) is 4.79 Å². The number of aryl methyl sites for hydroxylation is 1. The van der Waals surface area contributed by atoms with Gasteiger partial charge in [0.05, 0.1) is 14.2 Å². The fourth-order valence-corrected chi connectivity index (χ4v) is 4.59. The first-order valence-corrected chi connectivity index (χ1v) is 9.78. The van der Waals surface area contributed by atoms with Gasteiger partial charge in [-0.05, 0) is 63.7 Å². The van der Waals surface area contributed by atoms with Crippen LogP contribution in [0.25, 0.3) is 0 Å². The Bertz CT molecular complexity index is 634. The van der Waals surface area contributed by atoms with Crippen LogP contribution in [0.3, 0.4) is 0 Å². The fourth-order valence-electron chi connectivity index (χ4n) is 4.59. The highest BCUT2D eigenvalue weighted by Gasteiger charge is 2.39. The summed E-state index contributed by atoms with van der Waals surface area (Å²) in [6, 6.07) is 5.80. The van der Waals surface area contributed by atoms with Crippen LogP contribution < -0.4 is 9.47 Å². The number of ether oxygens (including phenoxy) is 2. The molecule has 0 N–H and O–H groups in total. The standard InChI is InChI=1S/C21H32N2O3/c1-22-13-4-10-21(22)11-5-14-23(15-12-21)20(24)9-7-17-6-8-18(25-2)16-19(17)26-3/h6,8,16H,4-5,7,9-15H2,1-3H3/t21-/m0/s1. The van der Waals surface area contributed by atoms with Gasteiger partial charge in [0.1, 0.15) is 11.5 Å². The highest BCUT2D eigenvalue weighted by molar-refractivity contribution is 5.76. The van der Waals surface area contributed by atoms with Crippen LogP contribution in [0.4, 0.5) is 0 Å². The number of methoxy groups -OCH3 is 2. The molecule has 1 spiro atoms. The maximum Gasteiger partial charge on any atom is 0.222 e. The molecule has 1 atom stereocenters. The second-order valence-electron chi connectivity index (χ2n) is 7.66. The number of hydrogen-bond donors (Lipinski definition) is 0. The Morgan fingerprint density at radius 3 is 2.50 bits per heavy atom. The molecular weight excluding hydrogens is 328 g/mol. The van der Waals surface area contributed by atoms with Gasteiger partial charge in [-0.25, -0.2) is 0 Å². The van der Waals surface area contributed by atoms with E-state index in [1.807, 2.05) is 18.2 Å². The summed E-state index contributed by atoms with van der Waals surface area (Å²) in [5.74, 6) is 1.83. The number of likely N-dealkylation sites (tertiary alicyclic amines) is 2. The Kier molecular flexibility index (Phi) is 6.07. The van der Waals surface area contributed by atoms with E-state index in [2.05, 4.69) is 16.8 Å². The van der Waals surface area contributed by atoms with Crippen LogP contribution in [-0.4, -0.2) is 62.1 Å². The fraction of sp³-hybridized carbons (Fsp3) is 0.667. The topological polar surface area (TPSA) is 42.0 Å². The Balaban J connectivity index is 1.57. The molecule has 2 fully saturated rings. The van der Waals surface area contributed by atoms with E-state index in [1.54, 1.807) is 14.2 Å². The smallest absolute Gasteiger partial charge is 0.222 e. The number of amides is 1. The summed E-state index contributed by atoms with van der Waals surface area (Å²) in [6.07, 6.45) is 7.26. The Labute approximate surface area is 157 Å². The van der Waals surface area contributed by atoms with Gasteiger partial charge in [0.25, 0.3) is 0 Å². The summed E-state index contributed by atoms with van der Waals surface area (Å²) >= 11 is 0. The number of benzene rings is 1. The van der Waals surface area contributed by atoms with Crippen LogP contribution in [0.2, 0.25) is 0 Å². The van der Waals surface area contributed by atoms with Crippen LogP contribution >= 0.6 is 0 Å². The van der Waals surface area contributed by atoms with Crippen LogP contribution in [0.15, 0.2) is 18.2 Å². The largest absolute Gasteiger partial charge is 0.497 e. The van der Waals surface area contributed by atoms with E-state index in [0.29, 0.717) is 18.4 Å². The number of hydrogen-bond acceptors (Lipinski definition) is 4. The predicted molar refractivity (Wildman–Crippen MR) is 103 cm³/mol. The average molecular weight is 360 g/mol. The van der Waals surface area contributed by atoms with Gasteiger partial charge in [0.2, 0.25) is 5.91 Å². The van der Waals surface area contributed by atoms with Gasteiger partial charge in [0, 0.05) is 31.1 Å². The zero-order valence-electron chi connectivity index (χ0n) is 16.4. The van der Waals surface area contributed by atoms with Gasteiger partial charge in [-0.15, -0.1) is 0 Å². The molecule has 0 radical (unpaired) electrons. The third kappa shape index (κ3) is 3.98. The molecular formula is C21H32N2O3. The van der Waals surface area contributed by atoms with Gasteiger partial charge >= 0.3 is 0 Å². The maximum atomic E-state index is 12.8. The monoisotopic (exact) mass is 360 g/mol. The van der Waals surface area contributed by atoms with E-state index >= 15 is 0 Å². The average Bonchev–Trinajstić information content (AvgIpc) is 2.88. The molecule has 2 heterocycles. The quantitative estimate of drug-likeness (QED) is 0.809. The molecule has 0 aliphatic carbocycles. The van der Waals surface area contributed by atoms with Gasteiger partial charge in [0.15, 0.2) is 0 Å². The zero-order chi connectivity index (χ0) is 18.6. The van der Waals surface area contributed by atoms with E-state index in [4.69, 9.17) is 9.47 Å². The van der Waals surface area contributed by atoms with Crippen molar-refractivity contribution in [2.45, 2.75) is 50.5 Å². The Morgan fingerprint density at radius 1 is 1.08 bits per heavy atom. The molecule has 2 saturated heterocycles. The molecule has 144 valence electrons. The zero-order valence-corrected chi connectivity index (χ0v) is 16.4. The van der Waals surface area contributed by atoms with Crippen molar-refractivity contribution in [3.8, 4) is 11.5 Å². The summed E-state index contributed by atoms with van der Waals surface area (Å²) < 4.78 is 10.7. The van der Waals surface area contributed by atoms with Crippen molar-refractivity contribution in [1.29, 1.82) is 0 Å². The van der Waals surface area contributed by atoms with E-state index in [0.717, 1.165) is 43.0 Å². The lowest BCUT2D eigenvalue weighted by molar-refractivity contribution is -0.131. The number of nitrogens with zero attached hydrogens (tertiary/aromatic N) is 2. The van der Waals surface area contributed by atoms with E-state index in [1.165, 1.54) is 25.8 Å². The maximum absolute atomic E-state index is 12.8. The molecule has 0 unspecified atom stereocenters. The van der Waals surface area contributed by atoms with E-state index in [9.17, 15) is 4.79 Å². The van der Waals surface area contributed by atoms with E-state index in [-0.39, 0.29) is 5.91 Å². The SMILES string of the molecule is COc1ccc(CCC(=O)N2CCC[C@@]3(CCCN3C)CC2)c(OC)c1. The molecule has 0 bridgehead atoms. The molecule has 26 heavy (non-hydrogen) atoms.